The quantitative estimate of drug-likeness (QED) is 0.626. The summed E-state index contributed by atoms with van der Waals surface area (Å²) in [5.41, 5.74) is 4.60. The highest BCUT2D eigenvalue weighted by Crippen LogP contribution is 2.38. The number of rotatable bonds is 5. The minimum absolute atomic E-state index is 0.228. The van der Waals surface area contributed by atoms with Gasteiger partial charge in [-0.15, -0.1) is 0 Å². The minimum atomic E-state index is -0.228. The average Bonchev–Trinajstić information content (AvgIpc) is 3.01. The van der Waals surface area contributed by atoms with E-state index in [1.807, 2.05) is 18.1 Å². The first-order valence-corrected chi connectivity index (χ1v) is 9.30. The van der Waals surface area contributed by atoms with E-state index in [4.69, 9.17) is 0 Å². The van der Waals surface area contributed by atoms with Crippen LogP contribution in [0.2, 0.25) is 0 Å². The highest BCUT2D eigenvalue weighted by molar-refractivity contribution is 5.70. The normalized spacial score (nSPS) is 15.4. The molecule has 3 rings (SSSR count). The van der Waals surface area contributed by atoms with Gasteiger partial charge in [0, 0.05) is 36.0 Å². The second-order valence-electron chi connectivity index (χ2n) is 7.29. The Kier molecular flexibility index (Phi) is 5.55. The summed E-state index contributed by atoms with van der Waals surface area (Å²) in [6, 6.07) is 7.19. The van der Waals surface area contributed by atoms with Crippen molar-refractivity contribution in [2.45, 2.75) is 64.3 Å². The molecule has 0 N–H and O–H groups in total. The van der Waals surface area contributed by atoms with Crippen LogP contribution >= 0.6 is 0 Å². The van der Waals surface area contributed by atoms with Gasteiger partial charge in [0.15, 0.2) is 0 Å². The molecular weight excluding hydrogens is 313 g/mol. The molecule has 1 heterocycles. The lowest BCUT2D eigenvalue weighted by atomic mass is 9.93. The summed E-state index contributed by atoms with van der Waals surface area (Å²) in [4.78, 5) is 10.8. The third-order valence-electron chi connectivity index (χ3n) is 5.24. The van der Waals surface area contributed by atoms with E-state index in [2.05, 4.69) is 24.6 Å². The molecule has 1 aliphatic rings. The van der Waals surface area contributed by atoms with E-state index >= 15 is 0 Å². The van der Waals surface area contributed by atoms with Crippen molar-refractivity contribution in [3.8, 4) is 11.1 Å². The second kappa shape index (κ2) is 7.84. The predicted octanol–water partition coefficient (Wildman–Crippen LogP) is 5.85. The number of aromatic nitrogens is 1. The molecule has 0 saturated heterocycles. The van der Waals surface area contributed by atoms with E-state index in [9.17, 15) is 9.18 Å². The molecule has 0 atom stereocenters. The van der Waals surface area contributed by atoms with Gasteiger partial charge in [-0.2, -0.15) is 0 Å². The van der Waals surface area contributed by atoms with Gasteiger partial charge in [0.25, 0.3) is 0 Å². The number of hydrogen-bond donors (Lipinski definition) is 0. The lowest BCUT2D eigenvalue weighted by molar-refractivity contribution is 0.344. The second-order valence-corrected chi connectivity index (χ2v) is 7.29. The van der Waals surface area contributed by atoms with Gasteiger partial charge in [0.2, 0.25) is 0 Å². The topological polar surface area (TPSA) is 22.0 Å². The van der Waals surface area contributed by atoms with Gasteiger partial charge in [-0.25, -0.2) is 9.18 Å². The van der Waals surface area contributed by atoms with Crippen LogP contribution in [0.3, 0.4) is 0 Å². The maximum atomic E-state index is 13.3. The van der Waals surface area contributed by atoms with Gasteiger partial charge >= 0.3 is 0 Å². The van der Waals surface area contributed by atoms with Crippen molar-refractivity contribution in [2.24, 2.45) is 0 Å². The summed E-state index contributed by atoms with van der Waals surface area (Å²) >= 11 is 0. The van der Waals surface area contributed by atoms with Crippen molar-refractivity contribution in [1.82, 2.24) is 4.57 Å². The van der Waals surface area contributed by atoms with E-state index in [-0.39, 0.29) is 5.82 Å². The summed E-state index contributed by atoms with van der Waals surface area (Å²) in [5, 5.41) is 0. The molecule has 2 nitrogen and oxygen atoms in total. The van der Waals surface area contributed by atoms with Crippen molar-refractivity contribution >= 4 is 5.94 Å². The van der Waals surface area contributed by atoms with Crippen LogP contribution in [0.15, 0.2) is 36.5 Å². The smallest absolute Gasteiger partial charge is 0.123 e. The fourth-order valence-electron chi connectivity index (χ4n) is 4.12. The van der Waals surface area contributed by atoms with Crippen molar-refractivity contribution in [1.29, 1.82) is 0 Å². The standard InChI is InChI=1S/C22H26FNO/c1-16(2)22-20(9-6-14-25)21(17-10-12-18(23)13-11-17)15-24(22)19-7-4-3-5-8-19/h6,10-13,15-16,19H,3-5,7-9H2,1-2H3. The molecule has 0 aliphatic heterocycles. The molecule has 3 heteroatoms. The Morgan fingerprint density at radius 1 is 1.20 bits per heavy atom. The van der Waals surface area contributed by atoms with Crippen LogP contribution < -0.4 is 0 Å². The summed E-state index contributed by atoms with van der Waals surface area (Å²) in [6.45, 7) is 4.41. The molecule has 132 valence electrons. The first kappa shape index (κ1) is 17.7. The van der Waals surface area contributed by atoms with Crippen LogP contribution in [0, 0.1) is 5.82 Å². The molecule has 1 fully saturated rings. The molecular formula is C22H26FNO. The fraction of sp³-hybridized carbons (Fsp3) is 0.455. The van der Waals surface area contributed by atoms with E-state index < -0.39 is 0 Å². The summed E-state index contributed by atoms with van der Waals surface area (Å²) in [5.74, 6) is 2.05. The van der Waals surface area contributed by atoms with Crippen molar-refractivity contribution in [2.75, 3.05) is 0 Å². The van der Waals surface area contributed by atoms with Gasteiger partial charge < -0.3 is 4.57 Å². The summed E-state index contributed by atoms with van der Waals surface area (Å²) in [6.07, 6.45) is 10.6. The lowest BCUT2D eigenvalue weighted by Crippen LogP contribution is -2.15. The van der Waals surface area contributed by atoms with Crippen LogP contribution in [0.25, 0.3) is 11.1 Å². The molecule has 1 saturated carbocycles. The fourth-order valence-corrected chi connectivity index (χ4v) is 4.12. The minimum Gasteiger partial charge on any atom is -0.347 e. The zero-order valence-corrected chi connectivity index (χ0v) is 15.1. The SMILES string of the molecule is CC(C)c1c(CC=C=O)c(-c2ccc(F)cc2)cn1C1CCCCC1. The molecule has 0 bridgehead atoms. The van der Waals surface area contributed by atoms with Gasteiger partial charge in [-0.3, -0.25) is 0 Å². The maximum absolute atomic E-state index is 13.3. The van der Waals surface area contributed by atoms with Crippen molar-refractivity contribution in [3.05, 3.63) is 53.6 Å². The maximum Gasteiger partial charge on any atom is 0.123 e. The largest absolute Gasteiger partial charge is 0.347 e. The Balaban J connectivity index is 2.14. The predicted molar refractivity (Wildman–Crippen MR) is 100 cm³/mol. The number of allylic oxidation sites excluding steroid dienone is 1. The van der Waals surface area contributed by atoms with Crippen LogP contribution in [0.4, 0.5) is 4.39 Å². The highest BCUT2D eigenvalue weighted by Gasteiger charge is 2.24. The molecule has 25 heavy (non-hydrogen) atoms. The number of hydrogen-bond acceptors (Lipinski definition) is 1. The lowest BCUT2D eigenvalue weighted by Gasteiger charge is -2.27. The molecule has 2 aromatic rings. The van der Waals surface area contributed by atoms with Crippen LogP contribution in [-0.2, 0) is 11.2 Å². The van der Waals surface area contributed by atoms with Gasteiger partial charge in [0.1, 0.15) is 11.8 Å². The van der Waals surface area contributed by atoms with E-state index in [0.717, 1.165) is 11.1 Å². The van der Waals surface area contributed by atoms with E-state index in [1.165, 1.54) is 55.5 Å². The van der Waals surface area contributed by atoms with Crippen molar-refractivity contribution in [3.63, 3.8) is 0 Å². The van der Waals surface area contributed by atoms with Crippen molar-refractivity contribution < 1.29 is 9.18 Å². The molecule has 0 unspecified atom stereocenters. The third kappa shape index (κ3) is 3.77. The first-order chi connectivity index (χ1) is 12.1. The molecule has 1 aromatic carbocycles. The Labute approximate surface area is 149 Å². The Morgan fingerprint density at radius 2 is 1.88 bits per heavy atom. The van der Waals surface area contributed by atoms with Gasteiger partial charge in [-0.05, 0) is 42.0 Å². The number of benzene rings is 1. The molecule has 0 spiro atoms. The highest BCUT2D eigenvalue weighted by atomic mass is 19.1. The average molecular weight is 339 g/mol. The number of nitrogens with zero attached hydrogens (tertiary/aromatic N) is 1. The van der Waals surface area contributed by atoms with Gasteiger partial charge in [-0.1, -0.05) is 45.2 Å². The Morgan fingerprint density at radius 3 is 2.48 bits per heavy atom. The van der Waals surface area contributed by atoms with Gasteiger partial charge in [0.05, 0.1) is 0 Å². The molecule has 1 aliphatic carbocycles. The first-order valence-electron chi connectivity index (χ1n) is 9.30. The number of carbonyl (C=O) groups excluding carboxylic acids is 1. The Hall–Kier alpha value is -2.12. The summed E-state index contributed by atoms with van der Waals surface area (Å²) < 4.78 is 15.8. The zero-order valence-electron chi connectivity index (χ0n) is 15.1. The third-order valence-corrected chi connectivity index (χ3v) is 5.24. The molecule has 1 aromatic heterocycles. The van der Waals surface area contributed by atoms with E-state index in [1.54, 1.807) is 6.08 Å². The summed E-state index contributed by atoms with van der Waals surface area (Å²) in [7, 11) is 0. The zero-order chi connectivity index (χ0) is 17.8. The number of halogens is 1. The van der Waals surface area contributed by atoms with Crippen LogP contribution in [0.1, 0.15) is 69.2 Å². The monoisotopic (exact) mass is 339 g/mol. The van der Waals surface area contributed by atoms with Crippen LogP contribution in [0.5, 0.6) is 0 Å². The molecule has 0 radical (unpaired) electrons. The van der Waals surface area contributed by atoms with Crippen LogP contribution in [-0.4, -0.2) is 10.5 Å². The van der Waals surface area contributed by atoms with E-state index in [0.29, 0.717) is 18.4 Å². The molecule has 0 amide bonds. The Bertz CT molecular complexity index is 760.